The van der Waals surface area contributed by atoms with Gasteiger partial charge in [-0.2, -0.15) is 11.8 Å². The van der Waals surface area contributed by atoms with Gasteiger partial charge in [-0.15, -0.1) is 11.8 Å². The van der Waals surface area contributed by atoms with Crippen LogP contribution in [0, 0.1) is 13.8 Å². The van der Waals surface area contributed by atoms with Crippen LogP contribution >= 0.6 is 23.5 Å². The molecule has 4 heteroatoms. The van der Waals surface area contributed by atoms with Crippen molar-refractivity contribution in [3.8, 4) is 0 Å². The standard InChI is InChI=1S/C14H20O2S2/c1-11-4-5-13(10-12(11)2)18-8-6-14(15)16-7-9-17-3/h4-5,10H,6-9H2,1-3H3. The van der Waals surface area contributed by atoms with Crippen molar-refractivity contribution in [2.75, 3.05) is 24.4 Å². The molecule has 18 heavy (non-hydrogen) atoms. The van der Waals surface area contributed by atoms with Gasteiger partial charge in [0.1, 0.15) is 6.61 Å². The second kappa shape index (κ2) is 8.48. The third-order valence-corrected chi connectivity index (χ3v) is 4.17. The molecule has 0 saturated heterocycles. The number of carbonyl (C=O) groups excluding carboxylic acids is 1. The molecule has 0 aliphatic rings. The zero-order chi connectivity index (χ0) is 13.4. The molecule has 100 valence electrons. The number of rotatable bonds is 7. The first-order valence-corrected chi connectivity index (χ1v) is 8.36. The van der Waals surface area contributed by atoms with Gasteiger partial charge in [-0.3, -0.25) is 4.79 Å². The first-order chi connectivity index (χ1) is 8.63. The Hall–Kier alpha value is -0.610. The smallest absolute Gasteiger partial charge is 0.306 e. The highest BCUT2D eigenvalue weighted by Crippen LogP contribution is 2.21. The normalized spacial score (nSPS) is 10.4. The molecule has 0 amide bonds. The second-order valence-electron chi connectivity index (χ2n) is 4.06. The third kappa shape index (κ3) is 5.83. The Balaban J connectivity index is 2.24. The summed E-state index contributed by atoms with van der Waals surface area (Å²) in [4.78, 5) is 12.6. The van der Waals surface area contributed by atoms with Crippen LogP contribution in [0.15, 0.2) is 23.1 Å². The zero-order valence-electron chi connectivity index (χ0n) is 11.2. The van der Waals surface area contributed by atoms with Gasteiger partial charge in [0, 0.05) is 16.4 Å². The van der Waals surface area contributed by atoms with Gasteiger partial charge in [-0.05, 0) is 43.4 Å². The molecular weight excluding hydrogens is 264 g/mol. The van der Waals surface area contributed by atoms with Crippen molar-refractivity contribution in [2.45, 2.75) is 25.2 Å². The van der Waals surface area contributed by atoms with E-state index in [4.69, 9.17) is 4.74 Å². The molecule has 0 atom stereocenters. The van der Waals surface area contributed by atoms with Gasteiger partial charge in [-0.25, -0.2) is 0 Å². The summed E-state index contributed by atoms with van der Waals surface area (Å²) in [6.45, 7) is 4.73. The van der Waals surface area contributed by atoms with E-state index in [-0.39, 0.29) is 5.97 Å². The summed E-state index contributed by atoms with van der Waals surface area (Å²) in [6.07, 6.45) is 2.48. The average molecular weight is 284 g/mol. The number of thioether (sulfide) groups is 2. The number of carbonyl (C=O) groups is 1. The van der Waals surface area contributed by atoms with E-state index in [0.717, 1.165) is 11.5 Å². The highest BCUT2D eigenvalue weighted by Gasteiger charge is 2.03. The summed E-state index contributed by atoms with van der Waals surface area (Å²) >= 11 is 3.39. The largest absolute Gasteiger partial charge is 0.465 e. The molecule has 0 aromatic heterocycles. The van der Waals surface area contributed by atoms with E-state index < -0.39 is 0 Å². The summed E-state index contributed by atoms with van der Waals surface area (Å²) in [5, 5.41) is 0. The quantitative estimate of drug-likeness (QED) is 0.433. The van der Waals surface area contributed by atoms with Crippen LogP contribution in [0.25, 0.3) is 0 Å². The van der Waals surface area contributed by atoms with E-state index in [1.165, 1.54) is 16.0 Å². The Morgan fingerprint density at radius 3 is 2.67 bits per heavy atom. The van der Waals surface area contributed by atoms with Crippen molar-refractivity contribution in [1.82, 2.24) is 0 Å². The summed E-state index contributed by atoms with van der Waals surface area (Å²) in [7, 11) is 0. The van der Waals surface area contributed by atoms with Crippen LogP contribution in [0.5, 0.6) is 0 Å². The molecule has 0 heterocycles. The maximum Gasteiger partial charge on any atom is 0.306 e. The van der Waals surface area contributed by atoms with Crippen LogP contribution < -0.4 is 0 Å². The SMILES string of the molecule is CSCCOC(=O)CCSc1ccc(C)c(C)c1. The molecule has 0 N–H and O–H groups in total. The number of hydrogen-bond acceptors (Lipinski definition) is 4. The number of benzene rings is 1. The molecule has 0 radical (unpaired) electrons. The van der Waals surface area contributed by atoms with Gasteiger partial charge >= 0.3 is 5.97 Å². The van der Waals surface area contributed by atoms with E-state index in [1.807, 2.05) is 6.26 Å². The maximum atomic E-state index is 11.4. The van der Waals surface area contributed by atoms with Crippen LogP contribution in [-0.4, -0.2) is 30.3 Å². The fourth-order valence-electron chi connectivity index (χ4n) is 1.37. The highest BCUT2D eigenvalue weighted by molar-refractivity contribution is 7.99. The lowest BCUT2D eigenvalue weighted by atomic mass is 10.1. The molecule has 1 aromatic rings. The van der Waals surface area contributed by atoms with Gasteiger partial charge in [0.25, 0.3) is 0 Å². The summed E-state index contributed by atoms with van der Waals surface area (Å²) in [5.41, 5.74) is 2.60. The predicted octanol–water partition coefficient (Wildman–Crippen LogP) is 3.69. The Morgan fingerprint density at radius 1 is 1.22 bits per heavy atom. The van der Waals surface area contributed by atoms with Crippen molar-refractivity contribution >= 4 is 29.5 Å². The Labute approximate surface area is 118 Å². The van der Waals surface area contributed by atoms with E-state index in [0.29, 0.717) is 13.0 Å². The van der Waals surface area contributed by atoms with Crippen molar-refractivity contribution in [1.29, 1.82) is 0 Å². The molecular formula is C14H20O2S2. The lowest BCUT2D eigenvalue weighted by Crippen LogP contribution is -2.07. The topological polar surface area (TPSA) is 26.3 Å². The van der Waals surface area contributed by atoms with Gasteiger partial charge in [0.15, 0.2) is 0 Å². The minimum atomic E-state index is -0.0969. The minimum absolute atomic E-state index is 0.0969. The number of esters is 1. The van der Waals surface area contributed by atoms with E-state index in [1.54, 1.807) is 23.5 Å². The van der Waals surface area contributed by atoms with Crippen molar-refractivity contribution in [3.63, 3.8) is 0 Å². The predicted molar refractivity (Wildman–Crippen MR) is 80.6 cm³/mol. The number of hydrogen-bond donors (Lipinski definition) is 0. The third-order valence-electron chi connectivity index (χ3n) is 2.60. The van der Waals surface area contributed by atoms with Crippen LogP contribution in [0.1, 0.15) is 17.5 Å². The van der Waals surface area contributed by atoms with Gasteiger partial charge in [0.05, 0.1) is 6.42 Å². The van der Waals surface area contributed by atoms with Gasteiger partial charge in [0.2, 0.25) is 0 Å². The monoisotopic (exact) mass is 284 g/mol. The van der Waals surface area contributed by atoms with Crippen LogP contribution in [0.2, 0.25) is 0 Å². The molecule has 0 fully saturated rings. The Kier molecular flexibility index (Phi) is 7.28. The minimum Gasteiger partial charge on any atom is -0.465 e. The van der Waals surface area contributed by atoms with Crippen molar-refractivity contribution in [2.24, 2.45) is 0 Å². The summed E-state index contributed by atoms with van der Waals surface area (Å²) in [5.74, 6) is 1.55. The first kappa shape index (κ1) is 15.4. The molecule has 1 rings (SSSR count). The van der Waals surface area contributed by atoms with E-state index in [9.17, 15) is 4.79 Å². The second-order valence-corrected chi connectivity index (χ2v) is 6.21. The van der Waals surface area contributed by atoms with Crippen LogP contribution in [-0.2, 0) is 9.53 Å². The molecule has 0 aliphatic carbocycles. The number of aryl methyl sites for hydroxylation is 2. The van der Waals surface area contributed by atoms with Crippen LogP contribution in [0.4, 0.5) is 0 Å². The van der Waals surface area contributed by atoms with Crippen LogP contribution in [0.3, 0.4) is 0 Å². The maximum absolute atomic E-state index is 11.4. The zero-order valence-corrected chi connectivity index (χ0v) is 12.8. The van der Waals surface area contributed by atoms with E-state index >= 15 is 0 Å². The molecule has 0 aliphatic heterocycles. The van der Waals surface area contributed by atoms with Crippen molar-refractivity contribution in [3.05, 3.63) is 29.3 Å². The molecule has 2 nitrogen and oxygen atoms in total. The van der Waals surface area contributed by atoms with Gasteiger partial charge < -0.3 is 4.74 Å². The molecule has 0 bridgehead atoms. The van der Waals surface area contributed by atoms with Gasteiger partial charge in [-0.1, -0.05) is 6.07 Å². The molecule has 0 spiro atoms. The first-order valence-electron chi connectivity index (χ1n) is 5.98. The fraction of sp³-hybridized carbons (Fsp3) is 0.500. The Bertz CT molecular complexity index is 391. The fourth-order valence-corrected chi connectivity index (χ4v) is 2.55. The molecule has 0 saturated carbocycles. The number of ether oxygens (including phenoxy) is 1. The summed E-state index contributed by atoms with van der Waals surface area (Å²) < 4.78 is 5.09. The summed E-state index contributed by atoms with van der Waals surface area (Å²) in [6, 6.07) is 6.39. The molecule has 0 unspecified atom stereocenters. The lowest BCUT2D eigenvalue weighted by molar-refractivity contribution is -0.142. The van der Waals surface area contributed by atoms with E-state index in [2.05, 4.69) is 32.0 Å². The highest BCUT2D eigenvalue weighted by atomic mass is 32.2. The lowest BCUT2D eigenvalue weighted by Gasteiger charge is -2.05. The van der Waals surface area contributed by atoms with Crippen molar-refractivity contribution < 1.29 is 9.53 Å². The average Bonchev–Trinajstić information content (AvgIpc) is 2.34. The molecule has 1 aromatic carbocycles. The Morgan fingerprint density at radius 2 is 2.00 bits per heavy atom.